The molecule has 2 rings (SSSR count). The van der Waals surface area contributed by atoms with Crippen LogP contribution >= 0.6 is 0 Å². The van der Waals surface area contributed by atoms with Crippen LogP contribution in [0.15, 0.2) is 6.07 Å². The summed E-state index contributed by atoms with van der Waals surface area (Å²) < 4.78 is 5.17. The third-order valence-corrected chi connectivity index (χ3v) is 3.80. The number of hydrogen-bond donors (Lipinski definition) is 1. The number of aromatic nitrogens is 2. The lowest BCUT2D eigenvalue weighted by Gasteiger charge is -2.28. The summed E-state index contributed by atoms with van der Waals surface area (Å²) in [5.74, 6) is 3.19. The first-order valence-electron chi connectivity index (χ1n) is 6.87. The Kier molecular flexibility index (Phi) is 4.39. The van der Waals surface area contributed by atoms with E-state index in [2.05, 4.69) is 22.2 Å². The normalized spacial score (nSPS) is 23.7. The summed E-state index contributed by atoms with van der Waals surface area (Å²) in [7, 11) is 1.64. The maximum atomic E-state index is 5.17. The molecule has 0 spiro atoms. The van der Waals surface area contributed by atoms with Crippen molar-refractivity contribution in [3.63, 3.8) is 0 Å². The number of aryl methyl sites for hydroxylation is 1. The maximum Gasteiger partial charge on any atom is 0.218 e. The van der Waals surface area contributed by atoms with Crippen molar-refractivity contribution >= 4 is 5.82 Å². The van der Waals surface area contributed by atoms with E-state index in [9.17, 15) is 0 Å². The highest BCUT2D eigenvalue weighted by Crippen LogP contribution is 2.28. The molecule has 0 radical (unpaired) electrons. The van der Waals surface area contributed by atoms with Gasteiger partial charge in [0.05, 0.1) is 7.11 Å². The van der Waals surface area contributed by atoms with Crippen LogP contribution in [0.25, 0.3) is 0 Å². The zero-order chi connectivity index (χ0) is 13.0. The SMILES string of the molecule is CCC1CCC(Nc2cc(OC)nc(C)n2)CC1. The molecular formula is C14H23N3O. The summed E-state index contributed by atoms with van der Waals surface area (Å²) in [5, 5.41) is 3.51. The Morgan fingerprint density at radius 2 is 2.00 bits per heavy atom. The number of hydrogen-bond acceptors (Lipinski definition) is 4. The molecule has 0 bridgehead atoms. The molecule has 4 nitrogen and oxygen atoms in total. The van der Waals surface area contributed by atoms with Crippen molar-refractivity contribution in [2.24, 2.45) is 5.92 Å². The van der Waals surface area contributed by atoms with Gasteiger partial charge in [0.25, 0.3) is 0 Å². The lowest BCUT2D eigenvalue weighted by molar-refractivity contribution is 0.329. The molecule has 1 fully saturated rings. The minimum Gasteiger partial charge on any atom is -0.481 e. The Morgan fingerprint density at radius 3 is 2.61 bits per heavy atom. The molecule has 18 heavy (non-hydrogen) atoms. The summed E-state index contributed by atoms with van der Waals surface area (Å²) in [6.07, 6.45) is 6.45. The quantitative estimate of drug-likeness (QED) is 0.890. The molecule has 1 heterocycles. The smallest absolute Gasteiger partial charge is 0.218 e. The molecule has 1 saturated carbocycles. The van der Waals surface area contributed by atoms with Crippen LogP contribution in [0.2, 0.25) is 0 Å². The first-order valence-corrected chi connectivity index (χ1v) is 6.87. The number of methoxy groups -OCH3 is 1. The first-order chi connectivity index (χ1) is 8.71. The lowest BCUT2D eigenvalue weighted by Crippen LogP contribution is -2.26. The van der Waals surface area contributed by atoms with Crippen LogP contribution in [0, 0.1) is 12.8 Å². The van der Waals surface area contributed by atoms with E-state index in [1.165, 1.54) is 32.1 Å². The van der Waals surface area contributed by atoms with Gasteiger partial charge in [-0.05, 0) is 38.5 Å². The van der Waals surface area contributed by atoms with E-state index >= 15 is 0 Å². The zero-order valence-corrected chi connectivity index (χ0v) is 11.6. The van der Waals surface area contributed by atoms with E-state index in [0.717, 1.165) is 17.6 Å². The standard InChI is InChI=1S/C14H23N3O/c1-4-11-5-7-12(8-6-11)17-13-9-14(18-3)16-10(2)15-13/h9,11-12H,4-8H2,1-3H3,(H,15,16,17). The average Bonchev–Trinajstić information content (AvgIpc) is 2.39. The molecular weight excluding hydrogens is 226 g/mol. The summed E-state index contributed by atoms with van der Waals surface area (Å²) in [6.45, 7) is 4.18. The highest BCUT2D eigenvalue weighted by Gasteiger charge is 2.20. The summed E-state index contributed by atoms with van der Waals surface area (Å²) in [4.78, 5) is 8.61. The Bertz CT molecular complexity index is 387. The Labute approximate surface area is 109 Å². The third kappa shape index (κ3) is 3.34. The first kappa shape index (κ1) is 13.1. The summed E-state index contributed by atoms with van der Waals surface area (Å²) >= 11 is 0. The highest BCUT2D eigenvalue weighted by molar-refractivity contribution is 5.39. The van der Waals surface area contributed by atoms with E-state index in [0.29, 0.717) is 11.9 Å². The van der Waals surface area contributed by atoms with Gasteiger partial charge in [0.1, 0.15) is 11.6 Å². The van der Waals surface area contributed by atoms with Crippen LogP contribution in [0.5, 0.6) is 5.88 Å². The molecule has 1 aliphatic rings. The van der Waals surface area contributed by atoms with E-state index in [-0.39, 0.29) is 0 Å². The van der Waals surface area contributed by atoms with E-state index in [4.69, 9.17) is 4.74 Å². The molecule has 1 aromatic heterocycles. The van der Waals surface area contributed by atoms with Crippen LogP contribution < -0.4 is 10.1 Å². The van der Waals surface area contributed by atoms with Gasteiger partial charge in [0.15, 0.2) is 0 Å². The van der Waals surface area contributed by atoms with Crippen molar-refractivity contribution in [2.45, 2.75) is 52.0 Å². The second-order valence-corrected chi connectivity index (χ2v) is 5.11. The van der Waals surface area contributed by atoms with Gasteiger partial charge in [-0.1, -0.05) is 13.3 Å². The van der Waals surface area contributed by atoms with Gasteiger partial charge in [-0.25, -0.2) is 4.98 Å². The van der Waals surface area contributed by atoms with Crippen LogP contribution in [0.1, 0.15) is 44.9 Å². The summed E-state index contributed by atoms with van der Waals surface area (Å²) in [5.41, 5.74) is 0. The minimum atomic E-state index is 0.548. The van der Waals surface area contributed by atoms with Crippen LogP contribution in [-0.2, 0) is 0 Å². The van der Waals surface area contributed by atoms with Crippen molar-refractivity contribution in [1.82, 2.24) is 9.97 Å². The highest BCUT2D eigenvalue weighted by atomic mass is 16.5. The Hall–Kier alpha value is -1.32. The fourth-order valence-corrected chi connectivity index (χ4v) is 2.64. The van der Waals surface area contributed by atoms with Crippen LogP contribution in [-0.4, -0.2) is 23.1 Å². The topological polar surface area (TPSA) is 47.0 Å². The molecule has 0 aromatic carbocycles. The van der Waals surface area contributed by atoms with Gasteiger partial charge in [0, 0.05) is 12.1 Å². The van der Waals surface area contributed by atoms with Crippen molar-refractivity contribution < 1.29 is 4.74 Å². The van der Waals surface area contributed by atoms with Gasteiger partial charge in [0.2, 0.25) is 5.88 Å². The van der Waals surface area contributed by atoms with Crippen molar-refractivity contribution in [3.8, 4) is 5.88 Å². The van der Waals surface area contributed by atoms with Gasteiger partial charge in [-0.3, -0.25) is 0 Å². The second-order valence-electron chi connectivity index (χ2n) is 5.11. The lowest BCUT2D eigenvalue weighted by atomic mass is 9.84. The van der Waals surface area contributed by atoms with Crippen LogP contribution in [0.3, 0.4) is 0 Å². The Morgan fingerprint density at radius 1 is 1.28 bits per heavy atom. The van der Waals surface area contributed by atoms with Gasteiger partial charge in [-0.15, -0.1) is 0 Å². The minimum absolute atomic E-state index is 0.548. The van der Waals surface area contributed by atoms with Crippen molar-refractivity contribution in [1.29, 1.82) is 0 Å². The number of rotatable bonds is 4. The average molecular weight is 249 g/mol. The molecule has 4 heteroatoms. The molecule has 0 aliphatic heterocycles. The molecule has 0 saturated heterocycles. The number of nitrogens with one attached hydrogen (secondary N) is 1. The maximum absolute atomic E-state index is 5.17. The molecule has 1 aromatic rings. The van der Waals surface area contributed by atoms with Crippen molar-refractivity contribution in [2.75, 3.05) is 12.4 Å². The van der Waals surface area contributed by atoms with Gasteiger partial charge >= 0.3 is 0 Å². The number of anilines is 1. The molecule has 0 unspecified atom stereocenters. The number of ether oxygens (including phenoxy) is 1. The monoisotopic (exact) mass is 249 g/mol. The Balaban J connectivity index is 1.95. The van der Waals surface area contributed by atoms with E-state index in [1.807, 2.05) is 13.0 Å². The van der Waals surface area contributed by atoms with Crippen LogP contribution in [0.4, 0.5) is 5.82 Å². The van der Waals surface area contributed by atoms with Gasteiger partial charge < -0.3 is 10.1 Å². The largest absolute Gasteiger partial charge is 0.481 e. The molecule has 0 atom stereocenters. The molecule has 100 valence electrons. The number of nitrogens with zero attached hydrogens (tertiary/aromatic N) is 2. The second kappa shape index (κ2) is 6.03. The predicted molar refractivity (Wildman–Crippen MR) is 73.0 cm³/mol. The zero-order valence-electron chi connectivity index (χ0n) is 11.6. The fourth-order valence-electron chi connectivity index (χ4n) is 2.64. The third-order valence-electron chi connectivity index (χ3n) is 3.80. The molecule has 1 N–H and O–H groups in total. The fraction of sp³-hybridized carbons (Fsp3) is 0.714. The predicted octanol–water partition coefficient (Wildman–Crippen LogP) is 3.17. The molecule has 0 amide bonds. The molecule has 1 aliphatic carbocycles. The van der Waals surface area contributed by atoms with E-state index < -0.39 is 0 Å². The van der Waals surface area contributed by atoms with Gasteiger partial charge in [-0.2, -0.15) is 4.98 Å². The van der Waals surface area contributed by atoms with Crippen molar-refractivity contribution in [3.05, 3.63) is 11.9 Å². The summed E-state index contributed by atoms with van der Waals surface area (Å²) in [6, 6.07) is 2.42. The van der Waals surface area contributed by atoms with E-state index in [1.54, 1.807) is 7.11 Å².